The Morgan fingerprint density at radius 3 is 2.38 bits per heavy atom. The number of carbonyl (C=O) groups is 3. The third kappa shape index (κ3) is 7.75. The Balaban J connectivity index is 0.00000131. The van der Waals surface area contributed by atoms with Crippen LogP contribution in [0.3, 0.4) is 0 Å². The Morgan fingerprint density at radius 1 is 1.20 bits per heavy atom. The van der Waals surface area contributed by atoms with Gasteiger partial charge in [-0.15, -0.1) is 0 Å². The number of hydrogen-bond donors (Lipinski definition) is 3. The maximum absolute atomic E-state index is 14.2. The first kappa shape index (κ1) is 32.6. The number of nitrogens with zero attached hydrogens (tertiary/aromatic N) is 2. The van der Waals surface area contributed by atoms with Gasteiger partial charge < -0.3 is 20.6 Å². The maximum Gasteiger partial charge on any atom is 0.272 e. The first-order chi connectivity index (χ1) is 18.9. The number of nitrogens with one attached hydrogen (secondary N) is 2. The van der Waals surface area contributed by atoms with Crippen LogP contribution in [0.5, 0.6) is 0 Å². The molecule has 1 fully saturated rings. The van der Waals surface area contributed by atoms with Crippen LogP contribution in [0, 0.1) is 17.2 Å². The molecule has 2 atom stereocenters. The number of fused-ring (bicyclic) bond motifs is 1. The summed E-state index contributed by atoms with van der Waals surface area (Å²) < 4.78 is 14.2. The highest BCUT2D eigenvalue weighted by molar-refractivity contribution is 6.21. The molecule has 218 valence electrons. The van der Waals surface area contributed by atoms with Crippen LogP contribution >= 0.6 is 0 Å². The second kappa shape index (κ2) is 14.7. The standard InChI is InChI=1S/C27H35FN4O4.C4H8/c1-6-9-17(4)21-19-14-18(28)10-11-20(19)32(5)25(35)23(30-21)31-26(36)27(12-7-8-13-27)15-29-24(34)22(33)16(2)3;1-3-4-2/h6,9-11,14,16,22-23,33H,4,7-8,12-13,15H2,1-3,5H3,(H,29,34)(H,31,36);3-4H,1-2H3/b9-6-;4-3-. The maximum atomic E-state index is 14.2. The summed E-state index contributed by atoms with van der Waals surface area (Å²) in [5.41, 5.74) is 0.702. The SMILES string of the molecule is C/C=C\C.C=C(/C=C\C)C1=NC(NC(=O)C2(CNC(=O)C(O)C(C)C)CCCC2)C(=O)N(C)c2ccc(F)cc21. The molecular weight excluding hydrogens is 511 g/mol. The Labute approximate surface area is 237 Å². The number of hydrogen-bond acceptors (Lipinski definition) is 5. The van der Waals surface area contributed by atoms with E-state index in [1.807, 2.05) is 26.0 Å². The average molecular weight is 555 g/mol. The fourth-order valence-corrected chi connectivity index (χ4v) is 4.65. The molecule has 40 heavy (non-hydrogen) atoms. The molecule has 1 aromatic rings. The molecule has 8 nitrogen and oxygen atoms in total. The van der Waals surface area contributed by atoms with Gasteiger partial charge in [0.05, 0.1) is 16.8 Å². The highest BCUT2D eigenvalue weighted by Gasteiger charge is 2.44. The van der Waals surface area contributed by atoms with E-state index in [1.54, 1.807) is 40.0 Å². The Morgan fingerprint density at radius 2 is 1.82 bits per heavy atom. The molecule has 9 heteroatoms. The molecule has 1 aromatic carbocycles. The largest absolute Gasteiger partial charge is 0.383 e. The monoisotopic (exact) mass is 554 g/mol. The van der Waals surface area contributed by atoms with Gasteiger partial charge >= 0.3 is 0 Å². The lowest BCUT2D eigenvalue weighted by atomic mass is 9.84. The molecule has 0 bridgehead atoms. The summed E-state index contributed by atoms with van der Waals surface area (Å²) in [5, 5.41) is 15.6. The lowest BCUT2D eigenvalue weighted by Gasteiger charge is -2.30. The van der Waals surface area contributed by atoms with E-state index >= 15 is 0 Å². The number of aliphatic hydroxyl groups is 1. The number of amides is 3. The van der Waals surface area contributed by atoms with E-state index in [9.17, 15) is 23.9 Å². The van der Waals surface area contributed by atoms with Gasteiger partial charge in [-0.25, -0.2) is 9.38 Å². The molecular formula is C31H43FN4O4. The second-order valence-electron chi connectivity index (χ2n) is 10.5. The summed E-state index contributed by atoms with van der Waals surface area (Å²) in [6.07, 6.45) is 7.68. The van der Waals surface area contributed by atoms with Crippen molar-refractivity contribution in [2.75, 3.05) is 18.5 Å². The topological polar surface area (TPSA) is 111 Å². The summed E-state index contributed by atoms with van der Waals surface area (Å²) >= 11 is 0. The van der Waals surface area contributed by atoms with Gasteiger partial charge in [0.15, 0.2) is 0 Å². The highest BCUT2D eigenvalue weighted by Crippen LogP contribution is 2.38. The van der Waals surface area contributed by atoms with Gasteiger partial charge in [0.25, 0.3) is 5.91 Å². The van der Waals surface area contributed by atoms with Crippen LogP contribution in [0.1, 0.15) is 65.9 Å². The molecule has 3 N–H and O–H groups in total. The summed E-state index contributed by atoms with van der Waals surface area (Å²) in [7, 11) is 1.55. The van der Waals surface area contributed by atoms with Crippen LogP contribution < -0.4 is 15.5 Å². The van der Waals surface area contributed by atoms with Gasteiger partial charge in [0.1, 0.15) is 11.9 Å². The lowest BCUT2D eigenvalue weighted by Crippen LogP contribution is -2.54. The second-order valence-corrected chi connectivity index (χ2v) is 10.5. The van der Waals surface area contributed by atoms with E-state index in [1.165, 1.54) is 23.1 Å². The summed E-state index contributed by atoms with van der Waals surface area (Å²) in [6.45, 7) is 13.3. The fraction of sp³-hybridized carbons (Fsp3) is 0.484. The molecule has 0 saturated heterocycles. The quantitative estimate of drug-likeness (QED) is 0.326. The van der Waals surface area contributed by atoms with Gasteiger partial charge in [-0.3, -0.25) is 14.4 Å². The molecule has 0 radical (unpaired) electrons. The summed E-state index contributed by atoms with van der Waals surface area (Å²) in [5.74, 6) is -2.16. The predicted molar refractivity (Wildman–Crippen MR) is 157 cm³/mol. The number of carbonyl (C=O) groups excluding carboxylic acids is 3. The predicted octanol–water partition coefficient (Wildman–Crippen LogP) is 4.44. The van der Waals surface area contributed by atoms with E-state index < -0.39 is 41.2 Å². The first-order valence-electron chi connectivity index (χ1n) is 13.7. The average Bonchev–Trinajstić information content (AvgIpc) is 3.39. The molecule has 3 rings (SSSR count). The van der Waals surface area contributed by atoms with Gasteiger partial charge in [0, 0.05) is 19.2 Å². The van der Waals surface area contributed by atoms with Crippen molar-refractivity contribution in [3.8, 4) is 0 Å². The molecule has 3 amide bonds. The molecule has 0 aromatic heterocycles. The lowest BCUT2D eigenvalue weighted by molar-refractivity contribution is -0.136. The van der Waals surface area contributed by atoms with Crippen molar-refractivity contribution in [3.63, 3.8) is 0 Å². The van der Waals surface area contributed by atoms with Crippen LogP contribution in [-0.2, 0) is 14.4 Å². The number of allylic oxidation sites excluding steroid dienone is 5. The molecule has 1 aliphatic carbocycles. The zero-order valence-electron chi connectivity index (χ0n) is 24.5. The van der Waals surface area contributed by atoms with Crippen LogP contribution in [0.15, 0.2) is 59.6 Å². The van der Waals surface area contributed by atoms with Gasteiger partial charge in [-0.05, 0) is 63.3 Å². The Hall–Kier alpha value is -3.59. The summed E-state index contributed by atoms with van der Waals surface area (Å²) in [6, 6.07) is 4.06. The van der Waals surface area contributed by atoms with Crippen LogP contribution in [0.4, 0.5) is 10.1 Å². The van der Waals surface area contributed by atoms with E-state index in [-0.39, 0.29) is 12.5 Å². The molecule has 1 saturated carbocycles. The van der Waals surface area contributed by atoms with E-state index in [0.29, 0.717) is 35.4 Å². The minimum atomic E-state index is -1.26. The first-order valence-corrected chi connectivity index (χ1v) is 13.7. The number of anilines is 1. The van der Waals surface area contributed by atoms with Crippen molar-refractivity contribution in [1.82, 2.24) is 10.6 Å². The van der Waals surface area contributed by atoms with Crippen molar-refractivity contribution < 1.29 is 23.9 Å². The van der Waals surface area contributed by atoms with E-state index in [4.69, 9.17) is 0 Å². The zero-order valence-corrected chi connectivity index (χ0v) is 24.5. The van der Waals surface area contributed by atoms with Crippen molar-refractivity contribution in [1.29, 1.82) is 0 Å². The molecule has 2 aliphatic rings. The fourth-order valence-electron chi connectivity index (χ4n) is 4.65. The number of aliphatic hydroxyl groups excluding tert-OH is 1. The smallest absolute Gasteiger partial charge is 0.272 e. The van der Waals surface area contributed by atoms with E-state index in [0.717, 1.165) is 12.8 Å². The zero-order chi connectivity index (χ0) is 30.0. The Kier molecular flexibility index (Phi) is 12.0. The summed E-state index contributed by atoms with van der Waals surface area (Å²) in [4.78, 5) is 45.2. The number of halogens is 1. The minimum absolute atomic E-state index is 0.0471. The van der Waals surface area contributed by atoms with Crippen LogP contribution in [-0.4, -0.2) is 54.4 Å². The van der Waals surface area contributed by atoms with Gasteiger partial charge in [0.2, 0.25) is 18.0 Å². The molecule has 1 aliphatic heterocycles. The van der Waals surface area contributed by atoms with Crippen LogP contribution in [0.25, 0.3) is 0 Å². The van der Waals surface area contributed by atoms with Crippen LogP contribution in [0.2, 0.25) is 0 Å². The number of benzodiazepines with no additional fused rings is 1. The van der Waals surface area contributed by atoms with Crippen molar-refractivity contribution in [2.24, 2.45) is 16.3 Å². The van der Waals surface area contributed by atoms with E-state index in [2.05, 4.69) is 22.2 Å². The third-order valence-corrected chi connectivity index (χ3v) is 7.21. The van der Waals surface area contributed by atoms with Gasteiger partial charge in [-0.1, -0.05) is 57.6 Å². The third-order valence-electron chi connectivity index (χ3n) is 7.21. The number of rotatable bonds is 8. The minimum Gasteiger partial charge on any atom is -0.383 e. The highest BCUT2D eigenvalue weighted by atomic mass is 19.1. The number of likely N-dealkylation sites (N-methyl/N-ethyl adjacent to an activating group) is 1. The number of aliphatic imine (C=N–C) groups is 1. The normalized spacial score (nSPS) is 19.0. The molecule has 0 spiro atoms. The van der Waals surface area contributed by atoms with Crippen molar-refractivity contribution in [3.05, 3.63) is 66.0 Å². The Bertz CT molecular complexity index is 1180. The van der Waals surface area contributed by atoms with Gasteiger partial charge in [-0.2, -0.15) is 0 Å². The molecule has 2 unspecified atom stereocenters. The van der Waals surface area contributed by atoms with Crippen molar-refractivity contribution in [2.45, 2.75) is 72.6 Å². The van der Waals surface area contributed by atoms with Crippen molar-refractivity contribution >= 4 is 29.1 Å². The molecule has 1 heterocycles. The number of benzene rings is 1.